The Labute approximate surface area is 73.1 Å². The van der Waals surface area contributed by atoms with Crippen LogP contribution in [0, 0.1) is 0 Å². The number of nitrogens with zero attached hydrogens (tertiary/aromatic N) is 3. The molecule has 8 heavy (non-hydrogen) atoms. The maximum absolute atomic E-state index is 3.67. The first-order valence-electron chi connectivity index (χ1n) is 2.23. The zero-order valence-corrected chi connectivity index (χ0v) is 7.54. The van der Waals surface area contributed by atoms with Crippen LogP contribution in [0.3, 0.4) is 0 Å². The second-order valence-electron chi connectivity index (χ2n) is 1.28. The fourth-order valence-electron chi connectivity index (χ4n) is 0.364. The number of hydrogen-bond acceptors (Lipinski definition) is 2. The van der Waals surface area contributed by atoms with Crippen molar-refractivity contribution in [3.05, 3.63) is 11.9 Å². The Balaban J connectivity index is 0.000000490. The fourth-order valence-corrected chi connectivity index (χ4v) is 0.364. The van der Waals surface area contributed by atoms with Crippen LogP contribution in [-0.4, -0.2) is 10.3 Å². The summed E-state index contributed by atoms with van der Waals surface area (Å²) in [4.78, 5) is 0. The van der Waals surface area contributed by atoms with Gasteiger partial charge in [-0.15, -0.1) is 0 Å². The molecule has 0 unspecified atom stereocenters. The van der Waals surface area contributed by atoms with Gasteiger partial charge in [0.2, 0.25) is 0 Å². The molecule has 41 valence electrons. The van der Waals surface area contributed by atoms with Crippen molar-refractivity contribution in [2.24, 2.45) is 0 Å². The zero-order valence-electron chi connectivity index (χ0n) is 4.70. The number of aromatic nitrogens is 3. The van der Waals surface area contributed by atoms with Crippen LogP contribution in [0.5, 0.6) is 0 Å². The van der Waals surface area contributed by atoms with Gasteiger partial charge in [-0.05, 0) is 6.42 Å². The minimum Gasteiger partial charge on any atom is -0.358 e. The van der Waals surface area contributed by atoms with Crippen LogP contribution in [0.15, 0.2) is 6.20 Å². The molecule has 0 fully saturated rings. The third-order valence-electron chi connectivity index (χ3n) is 0.794. The number of hydrogen-bond donors (Lipinski definition) is 0. The van der Waals surface area contributed by atoms with Crippen LogP contribution in [0.25, 0.3) is 0 Å². The summed E-state index contributed by atoms with van der Waals surface area (Å²) in [7, 11) is 0. The van der Waals surface area contributed by atoms with Crippen molar-refractivity contribution in [3.8, 4) is 0 Å². The predicted molar refractivity (Wildman–Crippen MR) is 24.7 cm³/mol. The molecule has 1 radical (unpaired) electrons. The summed E-state index contributed by atoms with van der Waals surface area (Å²) in [6.45, 7) is 2.02. The summed E-state index contributed by atoms with van der Waals surface area (Å²) in [5, 5.41) is 10.6. The molecule has 0 spiro atoms. The molecule has 3 nitrogen and oxygen atoms in total. The minimum atomic E-state index is 0. The smallest absolute Gasteiger partial charge is 0 e. The molecule has 0 aromatic carbocycles. The van der Waals surface area contributed by atoms with Gasteiger partial charge in [0.05, 0.1) is 0 Å². The molecule has 1 aromatic heterocycles. The summed E-state index contributed by atoms with van der Waals surface area (Å²) in [5.41, 5.74) is 0.958. The van der Waals surface area contributed by atoms with Crippen LogP contribution < -0.4 is 5.10 Å². The Bertz CT molecular complexity index is 126. The van der Waals surface area contributed by atoms with Gasteiger partial charge in [0.1, 0.15) is 0 Å². The third kappa shape index (κ3) is 2.01. The molecule has 0 saturated heterocycles. The zero-order chi connectivity index (χ0) is 5.11. The van der Waals surface area contributed by atoms with Crippen LogP contribution in [0.2, 0.25) is 0 Å². The monoisotopic (exact) mass is 185 g/mol. The summed E-state index contributed by atoms with van der Waals surface area (Å²) >= 11 is 0. The van der Waals surface area contributed by atoms with Gasteiger partial charge in [-0.3, -0.25) is 5.21 Å². The summed E-state index contributed by atoms with van der Waals surface area (Å²) < 4.78 is 0. The molecule has 4 heteroatoms. The summed E-state index contributed by atoms with van der Waals surface area (Å²) in [6, 6.07) is 0. The van der Waals surface area contributed by atoms with Crippen molar-refractivity contribution in [3.63, 3.8) is 0 Å². The van der Waals surface area contributed by atoms with Gasteiger partial charge < -0.3 is 10.2 Å². The van der Waals surface area contributed by atoms with Gasteiger partial charge in [0, 0.05) is 32.7 Å². The van der Waals surface area contributed by atoms with E-state index in [1.165, 1.54) is 0 Å². The molecule has 0 aliphatic rings. The molecule has 0 aliphatic heterocycles. The molecule has 1 aromatic rings. The molecule has 0 aliphatic carbocycles. The average molecular weight is 185 g/mol. The maximum atomic E-state index is 3.67. The summed E-state index contributed by atoms with van der Waals surface area (Å²) in [5.74, 6) is 0. The SMILES string of the molecule is CCc1c[n-]nn1.[Y]. The van der Waals surface area contributed by atoms with Crippen LogP contribution >= 0.6 is 0 Å². The van der Waals surface area contributed by atoms with Crippen LogP contribution in [-0.2, 0) is 39.1 Å². The topological polar surface area (TPSA) is 39.9 Å². The van der Waals surface area contributed by atoms with E-state index in [0.717, 1.165) is 12.1 Å². The van der Waals surface area contributed by atoms with Gasteiger partial charge >= 0.3 is 0 Å². The Kier molecular flexibility index (Phi) is 4.28. The van der Waals surface area contributed by atoms with E-state index >= 15 is 0 Å². The molecule has 1 heterocycles. The van der Waals surface area contributed by atoms with E-state index in [9.17, 15) is 0 Å². The van der Waals surface area contributed by atoms with E-state index in [-0.39, 0.29) is 32.7 Å². The first kappa shape index (κ1) is 8.24. The van der Waals surface area contributed by atoms with Crippen molar-refractivity contribution in [1.82, 2.24) is 15.4 Å². The largest absolute Gasteiger partial charge is 0.358 e. The van der Waals surface area contributed by atoms with E-state index in [1.807, 2.05) is 6.92 Å². The molecular formula is C4H6N3Y-. The molecule has 1 rings (SSSR count). The summed E-state index contributed by atoms with van der Waals surface area (Å²) in [6.07, 6.45) is 2.59. The van der Waals surface area contributed by atoms with Crippen LogP contribution in [0.1, 0.15) is 12.6 Å². The van der Waals surface area contributed by atoms with E-state index in [0.29, 0.717) is 0 Å². The Morgan fingerprint density at radius 1 is 1.75 bits per heavy atom. The van der Waals surface area contributed by atoms with Crippen molar-refractivity contribution in [2.45, 2.75) is 13.3 Å². The van der Waals surface area contributed by atoms with E-state index in [1.54, 1.807) is 6.20 Å². The van der Waals surface area contributed by atoms with E-state index in [4.69, 9.17) is 0 Å². The van der Waals surface area contributed by atoms with E-state index in [2.05, 4.69) is 15.4 Å². The van der Waals surface area contributed by atoms with Gasteiger partial charge in [-0.25, -0.2) is 0 Å². The van der Waals surface area contributed by atoms with E-state index < -0.39 is 0 Å². The fraction of sp³-hybridized carbons (Fsp3) is 0.500. The van der Waals surface area contributed by atoms with Crippen molar-refractivity contribution >= 4 is 0 Å². The van der Waals surface area contributed by atoms with Gasteiger partial charge in [0.25, 0.3) is 0 Å². The predicted octanol–water partition coefficient (Wildman–Crippen LogP) is -0.00630. The quantitative estimate of drug-likeness (QED) is 0.617. The maximum Gasteiger partial charge on any atom is 0 e. The molecule has 0 saturated carbocycles. The second kappa shape index (κ2) is 4.16. The first-order chi connectivity index (χ1) is 3.43. The van der Waals surface area contributed by atoms with Gasteiger partial charge in [-0.2, -0.15) is 0 Å². The Morgan fingerprint density at radius 3 is 2.75 bits per heavy atom. The van der Waals surface area contributed by atoms with Crippen LogP contribution in [0.4, 0.5) is 0 Å². The molecular weight excluding hydrogens is 179 g/mol. The normalized spacial score (nSPS) is 8.12. The number of rotatable bonds is 1. The second-order valence-corrected chi connectivity index (χ2v) is 1.28. The third-order valence-corrected chi connectivity index (χ3v) is 0.794. The molecule has 0 atom stereocenters. The molecule has 0 bridgehead atoms. The molecule has 0 N–H and O–H groups in total. The average Bonchev–Trinajstić information content (AvgIpc) is 2.14. The van der Waals surface area contributed by atoms with Gasteiger partial charge in [0.15, 0.2) is 0 Å². The van der Waals surface area contributed by atoms with Crippen molar-refractivity contribution in [2.75, 3.05) is 0 Å². The van der Waals surface area contributed by atoms with Gasteiger partial charge in [-0.1, -0.05) is 18.8 Å². The van der Waals surface area contributed by atoms with Crippen molar-refractivity contribution in [1.29, 1.82) is 0 Å². The first-order valence-corrected chi connectivity index (χ1v) is 2.23. The van der Waals surface area contributed by atoms with Crippen molar-refractivity contribution < 1.29 is 32.7 Å². The Morgan fingerprint density at radius 2 is 2.50 bits per heavy atom. The Hall–Kier alpha value is 0.244. The standard InChI is InChI=1S/C4H6N3.Y/c1-2-4-3-5-7-6-4;/h3H,2H2,1H3;/q-1;. The molecule has 0 amide bonds. The number of aryl methyl sites for hydroxylation is 1. The minimum absolute atomic E-state index is 0.